The van der Waals surface area contributed by atoms with Gasteiger partial charge in [0.15, 0.2) is 28.4 Å². The predicted molar refractivity (Wildman–Crippen MR) is 164 cm³/mol. The van der Waals surface area contributed by atoms with Gasteiger partial charge in [-0.2, -0.15) is 4.72 Å². The van der Waals surface area contributed by atoms with Crippen LogP contribution in [-0.4, -0.2) is 72.3 Å². The second-order valence-corrected chi connectivity index (χ2v) is 13.0. The lowest BCUT2D eigenvalue weighted by Crippen LogP contribution is -2.59. The van der Waals surface area contributed by atoms with Crippen LogP contribution < -0.4 is 26.8 Å². The van der Waals surface area contributed by atoms with Crippen molar-refractivity contribution in [3.63, 3.8) is 0 Å². The highest BCUT2D eigenvalue weighted by atomic mass is 35.5. The van der Waals surface area contributed by atoms with E-state index in [0.29, 0.717) is 32.5 Å². The summed E-state index contributed by atoms with van der Waals surface area (Å²) in [4.78, 5) is 40.5. The number of aromatic nitrogens is 2. The Hall–Kier alpha value is -4.01. The minimum Gasteiger partial charge on any atom is -0.382 e. The Morgan fingerprint density at radius 1 is 1.14 bits per heavy atom. The number of rotatable bonds is 7. The van der Waals surface area contributed by atoms with Crippen molar-refractivity contribution in [2.24, 2.45) is 4.99 Å². The van der Waals surface area contributed by atoms with Gasteiger partial charge in [-0.25, -0.2) is 18.4 Å². The fourth-order valence-corrected chi connectivity index (χ4v) is 6.62. The number of guanidine groups is 1. The maximum Gasteiger partial charge on any atom is 0.280 e. The normalized spacial score (nSPS) is 18.5. The van der Waals surface area contributed by atoms with Gasteiger partial charge in [0.05, 0.1) is 17.0 Å². The number of anilines is 2. The second kappa shape index (κ2) is 12.3. The number of nitrogens with zero attached hydrogens (tertiary/aromatic N) is 4. The Morgan fingerprint density at radius 2 is 1.86 bits per heavy atom. The number of halogens is 1. The molecular formula is C28H34ClN9O4S. The van der Waals surface area contributed by atoms with E-state index in [1.165, 1.54) is 12.1 Å². The fourth-order valence-electron chi connectivity index (χ4n) is 5.30. The van der Waals surface area contributed by atoms with Crippen molar-refractivity contribution in [2.75, 3.05) is 31.1 Å². The smallest absolute Gasteiger partial charge is 0.280 e. The van der Waals surface area contributed by atoms with Gasteiger partial charge in [0, 0.05) is 13.1 Å². The van der Waals surface area contributed by atoms with Gasteiger partial charge in [0.2, 0.25) is 15.9 Å². The number of piperidine rings is 1. The van der Waals surface area contributed by atoms with Crippen LogP contribution in [0.2, 0.25) is 5.15 Å². The third-order valence-corrected chi connectivity index (χ3v) is 9.57. The Morgan fingerprint density at radius 3 is 2.53 bits per heavy atom. The number of amides is 2. The van der Waals surface area contributed by atoms with Crippen LogP contribution in [0.25, 0.3) is 0 Å². The summed E-state index contributed by atoms with van der Waals surface area (Å²) >= 11 is 5.90. The van der Waals surface area contributed by atoms with Gasteiger partial charge in [-0.1, -0.05) is 53.1 Å². The lowest BCUT2D eigenvalue weighted by molar-refractivity contribution is -0.134. The standard InChI is InChI=1S/C28H34ClN9O4S/c1-17-7-9-19(10-8-17)43(41,42)37-20(15-18-5-3-2-4-6-18)26(40)38-13-11-28(12-14-38)16-32-27(36-28)35-25(39)21-23(30)34-24(31)22(29)33-21/h2-3,5,7-10,20,37H,4,6,11-16H2,1H3,(H4,30,31,34)(H2,32,35,36,39)/t20-/m0/s1. The van der Waals surface area contributed by atoms with Gasteiger partial charge in [-0.3, -0.25) is 19.9 Å². The maximum atomic E-state index is 13.8. The zero-order chi connectivity index (χ0) is 30.8. The first-order chi connectivity index (χ1) is 20.4. The average Bonchev–Trinajstić information content (AvgIpc) is 3.36. The van der Waals surface area contributed by atoms with Crippen molar-refractivity contribution < 1.29 is 18.0 Å². The number of nitrogen functional groups attached to an aromatic ring is 2. The molecule has 3 heterocycles. The van der Waals surface area contributed by atoms with Crippen molar-refractivity contribution in [1.29, 1.82) is 0 Å². The Labute approximate surface area is 254 Å². The SMILES string of the molecule is Cc1ccc(S(=O)(=O)N[C@@H](CC2=CC=CCC2)C(=O)N2CCC3(CC2)CN=C(NC(=O)c2nc(Cl)c(N)nc2N)N3)cc1. The number of nitrogens with two attached hydrogens (primary N) is 2. The molecule has 0 radical (unpaired) electrons. The number of hydrogen-bond acceptors (Lipinski definition) is 10. The number of carbonyl (C=O) groups excluding carboxylic acids is 2. The summed E-state index contributed by atoms with van der Waals surface area (Å²) < 4.78 is 29.2. The minimum atomic E-state index is -3.93. The Kier molecular flexibility index (Phi) is 8.71. The van der Waals surface area contributed by atoms with Gasteiger partial charge in [-0.15, -0.1) is 0 Å². The van der Waals surface area contributed by atoms with E-state index in [2.05, 4.69) is 30.3 Å². The number of hydrogen-bond donors (Lipinski definition) is 5. The van der Waals surface area contributed by atoms with E-state index in [1.54, 1.807) is 17.0 Å². The summed E-state index contributed by atoms with van der Waals surface area (Å²) in [5.74, 6) is -0.905. The van der Waals surface area contributed by atoms with Crippen LogP contribution in [-0.2, 0) is 14.8 Å². The highest BCUT2D eigenvalue weighted by Crippen LogP contribution is 2.28. The molecule has 5 rings (SSSR count). The molecular weight excluding hydrogens is 594 g/mol. The molecule has 0 saturated carbocycles. The van der Waals surface area contributed by atoms with Gasteiger partial charge < -0.3 is 21.7 Å². The molecule has 3 aliphatic rings. The van der Waals surface area contributed by atoms with Crippen molar-refractivity contribution in [3.05, 3.63) is 64.5 Å². The molecule has 2 amide bonds. The molecule has 43 heavy (non-hydrogen) atoms. The van der Waals surface area contributed by atoms with Gasteiger partial charge in [0.1, 0.15) is 6.04 Å². The van der Waals surface area contributed by atoms with Crippen LogP contribution in [0.5, 0.6) is 0 Å². The second-order valence-electron chi connectivity index (χ2n) is 11.0. The quantitative estimate of drug-likeness (QED) is 0.303. The molecule has 0 bridgehead atoms. The molecule has 1 aliphatic carbocycles. The summed E-state index contributed by atoms with van der Waals surface area (Å²) in [6.45, 7) is 3.04. The number of allylic oxidation sites excluding steroid dienone is 3. The average molecular weight is 628 g/mol. The first-order valence-electron chi connectivity index (χ1n) is 13.9. The van der Waals surface area contributed by atoms with Crippen molar-refractivity contribution in [1.82, 2.24) is 30.2 Å². The van der Waals surface area contributed by atoms with Crippen LogP contribution in [0.3, 0.4) is 0 Å². The number of carbonyl (C=O) groups is 2. The molecule has 1 fully saturated rings. The van der Waals surface area contributed by atoms with Gasteiger partial charge >= 0.3 is 0 Å². The highest BCUT2D eigenvalue weighted by Gasteiger charge is 2.41. The largest absolute Gasteiger partial charge is 0.382 e. The van der Waals surface area contributed by atoms with Crippen LogP contribution in [0, 0.1) is 6.92 Å². The molecule has 1 saturated heterocycles. The summed E-state index contributed by atoms with van der Waals surface area (Å²) in [5, 5.41) is 5.79. The molecule has 13 nitrogen and oxygen atoms in total. The molecule has 7 N–H and O–H groups in total. The molecule has 1 aromatic carbocycles. The minimum absolute atomic E-state index is 0.0789. The van der Waals surface area contributed by atoms with E-state index in [4.69, 9.17) is 23.1 Å². The van der Waals surface area contributed by atoms with Crippen LogP contribution in [0.1, 0.15) is 48.2 Å². The number of aryl methyl sites for hydroxylation is 1. The molecule has 0 unspecified atom stereocenters. The fraction of sp³-hybridized carbons (Fsp3) is 0.393. The van der Waals surface area contributed by atoms with Crippen LogP contribution >= 0.6 is 11.6 Å². The molecule has 1 aromatic heterocycles. The molecule has 2 aliphatic heterocycles. The molecule has 1 atom stereocenters. The monoisotopic (exact) mass is 627 g/mol. The van der Waals surface area contributed by atoms with E-state index >= 15 is 0 Å². The van der Waals surface area contributed by atoms with Crippen molar-refractivity contribution >= 4 is 51.0 Å². The zero-order valence-corrected chi connectivity index (χ0v) is 25.2. The predicted octanol–water partition coefficient (Wildman–Crippen LogP) is 1.67. The summed E-state index contributed by atoms with van der Waals surface area (Å²) in [5.41, 5.74) is 12.7. The molecule has 228 valence electrons. The van der Waals surface area contributed by atoms with Gasteiger partial charge in [-0.05, 0) is 51.2 Å². The van der Waals surface area contributed by atoms with Gasteiger partial charge in [0.25, 0.3) is 5.91 Å². The first-order valence-corrected chi connectivity index (χ1v) is 15.8. The van der Waals surface area contributed by atoms with E-state index in [-0.39, 0.29) is 45.7 Å². The summed E-state index contributed by atoms with van der Waals surface area (Å²) in [6, 6.07) is 5.59. The molecule has 1 spiro atoms. The zero-order valence-electron chi connectivity index (χ0n) is 23.6. The van der Waals surface area contributed by atoms with E-state index in [1.807, 2.05) is 25.2 Å². The summed E-state index contributed by atoms with van der Waals surface area (Å²) in [6.07, 6.45) is 8.91. The number of nitrogens with one attached hydrogen (secondary N) is 3. The Balaban J connectivity index is 1.23. The van der Waals surface area contributed by atoms with Crippen molar-refractivity contribution in [3.8, 4) is 0 Å². The number of likely N-dealkylation sites (tertiary alicyclic amines) is 1. The van der Waals surface area contributed by atoms with Crippen LogP contribution in [0.4, 0.5) is 11.6 Å². The summed E-state index contributed by atoms with van der Waals surface area (Å²) in [7, 11) is -3.93. The van der Waals surface area contributed by atoms with Crippen molar-refractivity contribution in [2.45, 2.75) is 55.5 Å². The number of aliphatic imine (C=N–C) groups is 1. The van der Waals surface area contributed by atoms with E-state index in [0.717, 1.165) is 24.0 Å². The number of benzene rings is 1. The first kappa shape index (κ1) is 30.4. The number of sulfonamides is 1. The molecule has 15 heteroatoms. The van der Waals surface area contributed by atoms with E-state index < -0.39 is 27.5 Å². The van der Waals surface area contributed by atoms with Crippen LogP contribution in [0.15, 0.2) is 58.0 Å². The third kappa shape index (κ3) is 6.98. The lowest BCUT2D eigenvalue weighted by Gasteiger charge is -2.40. The van der Waals surface area contributed by atoms with E-state index in [9.17, 15) is 18.0 Å². The topological polar surface area (TPSA) is 198 Å². The molecule has 2 aromatic rings. The third-order valence-electron chi connectivity index (χ3n) is 7.80. The Bertz CT molecular complexity index is 1620. The highest BCUT2D eigenvalue weighted by molar-refractivity contribution is 7.89. The maximum absolute atomic E-state index is 13.8. The lowest BCUT2D eigenvalue weighted by atomic mass is 9.88.